The van der Waals surface area contributed by atoms with E-state index < -0.39 is 17.9 Å². The van der Waals surface area contributed by atoms with Crippen LogP contribution in [-0.4, -0.2) is 18.5 Å². The molecule has 0 fully saturated rings. The number of benzene rings is 2. The van der Waals surface area contributed by atoms with Crippen LogP contribution in [0.4, 0.5) is 8.78 Å². The molecule has 2 rings (SSSR count). The molecular formula is C18H20ClF2NO3. The molecule has 0 bridgehead atoms. The highest BCUT2D eigenvalue weighted by molar-refractivity contribution is 5.85. The van der Waals surface area contributed by atoms with Gasteiger partial charge in [0.15, 0.2) is 0 Å². The second kappa shape index (κ2) is 9.34. The minimum atomic E-state index is -3.81. The number of nitrogens with two attached hydrogens (primary N) is 1. The molecule has 2 aromatic rings. The number of hydrogen-bond donors (Lipinski definition) is 1. The first-order chi connectivity index (χ1) is 11.4. The van der Waals surface area contributed by atoms with Crippen molar-refractivity contribution in [1.82, 2.24) is 0 Å². The molecule has 4 nitrogen and oxygen atoms in total. The average molecular weight is 372 g/mol. The quantitative estimate of drug-likeness (QED) is 0.750. The first-order valence-corrected chi connectivity index (χ1v) is 7.52. The summed E-state index contributed by atoms with van der Waals surface area (Å²) in [6.45, 7) is 1.62. The van der Waals surface area contributed by atoms with Gasteiger partial charge in [0, 0.05) is 0 Å². The molecule has 0 aliphatic carbocycles. The monoisotopic (exact) mass is 371 g/mol. The third-order valence-corrected chi connectivity index (χ3v) is 3.40. The Morgan fingerprint density at radius 3 is 2.48 bits per heavy atom. The van der Waals surface area contributed by atoms with E-state index in [1.165, 1.54) is 19.1 Å². The van der Waals surface area contributed by atoms with Gasteiger partial charge in [0.05, 0.1) is 6.61 Å². The number of hydrogen-bond acceptors (Lipinski definition) is 4. The van der Waals surface area contributed by atoms with Gasteiger partial charge in [-0.25, -0.2) is 4.79 Å². The average Bonchev–Trinajstić information content (AvgIpc) is 2.60. The first-order valence-electron chi connectivity index (χ1n) is 7.52. The molecule has 0 aliphatic heterocycles. The van der Waals surface area contributed by atoms with Gasteiger partial charge in [0.1, 0.15) is 18.4 Å². The fourth-order valence-corrected chi connectivity index (χ4v) is 2.10. The number of esters is 1. The zero-order valence-electron chi connectivity index (χ0n) is 13.7. The van der Waals surface area contributed by atoms with Crippen LogP contribution in [0.25, 0.3) is 0 Å². The maximum Gasteiger partial charge on any atom is 0.379 e. The summed E-state index contributed by atoms with van der Waals surface area (Å²) in [6, 6.07) is 13.6. The summed E-state index contributed by atoms with van der Waals surface area (Å²) in [5.74, 6) is -5.05. The molecule has 25 heavy (non-hydrogen) atoms. The Morgan fingerprint density at radius 1 is 1.16 bits per heavy atom. The van der Waals surface area contributed by atoms with E-state index in [-0.39, 0.29) is 24.6 Å². The van der Waals surface area contributed by atoms with Crippen LogP contribution < -0.4 is 10.5 Å². The van der Waals surface area contributed by atoms with Crippen molar-refractivity contribution in [2.45, 2.75) is 25.5 Å². The van der Waals surface area contributed by atoms with Gasteiger partial charge in [-0.2, -0.15) is 8.78 Å². The first kappa shape index (κ1) is 20.9. The molecule has 0 radical (unpaired) electrons. The SMILES string of the molecule is CCOC(=O)C(F)(F)[C@@H](N)c1cccc(OCc2ccccc2)c1.Cl. The van der Waals surface area contributed by atoms with E-state index >= 15 is 0 Å². The minimum absolute atomic E-state index is 0. The number of halogens is 3. The van der Waals surface area contributed by atoms with Crippen molar-refractivity contribution < 1.29 is 23.0 Å². The van der Waals surface area contributed by atoms with Crippen molar-refractivity contribution in [1.29, 1.82) is 0 Å². The van der Waals surface area contributed by atoms with Gasteiger partial charge in [-0.05, 0) is 30.2 Å². The van der Waals surface area contributed by atoms with Gasteiger partial charge < -0.3 is 15.2 Å². The van der Waals surface area contributed by atoms with Crippen LogP contribution in [0.2, 0.25) is 0 Å². The van der Waals surface area contributed by atoms with E-state index in [2.05, 4.69) is 4.74 Å². The van der Waals surface area contributed by atoms with Crippen molar-refractivity contribution in [3.63, 3.8) is 0 Å². The summed E-state index contributed by atoms with van der Waals surface area (Å²) in [4.78, 5) is 11.4. The van der Waals surface area contributed by atoms with Gasteiger partial charge in [-0.3, -0.25) is 0 Å². The van der Waals surface area contributed by atoms with Gasteiger partial charge in [-0.15, -0.1) is 12.4 Å². The standard InChI is InChI=1S/C18H19F2NO3.ClH/c1-2-23-17(22)18(19,20)16(21)14-9-6-10-15(11-14)24-12-13-7-4-3-5-8-13;/h3-11,16H,2,12,21H2,1H3;1H/t16-;/m0./s1. The molecule has 0 spiro atoms. The maximum absolute atomic E-state index is 14.0. The lowest BCUT2D eigenvalue weighted by Gasteiger charge is -2.22. The summed E-state index contributed by atoms with van der Waals surface area (Å²) >= 11 is 0. The Labute approximate surface area is 151 Å². The van der Waals surface area contributed by atoms with Crippen LogP contribution in [0.1, 0.15) is 24.1 Å². The highest BCUT2D eigenvalue weighted by atomic mass is 35.5. The van der Waals surface area contributed by atoms with Crippen LogP contribution in [0.5, 0.6) is 5.75 Å². The zero-order valence-corrected chi connectivity index (χ0v) is 14.5. The van der Waals surface area contributed by atoms with Crippen LogP contribution in [0.3, 0.4) is 0 Å². The summed E-state index contributed by atoms with van der Waals surface area (Å²) < 4.78 is 38.0. The van der Waals surface area contributed by atoms with E-state index in [1.807, 2.05) is 30.3 Å². The summed E-state index contributed by atoms with van der Waals surface area (Å²) in [7, 11) is 0. The molecule has 0 unspecified atom stereocenters. The molecule has 7 heteroatoms. The fraction of sp³-hybridized carbons (Fsp3) is 0.278. The van der Waals surface area contributed by atoms with E-state index in [9.17, 15) is 13.6 Å². The number of alkyl halides is 2. The van der Waals surface area contributed by atoms with Crippen LogP contribution in [0, 0.1) is 0 Å². The lowest BCUT2D eigenvalue weighted by atomic mass is 10.0. The van der Waals surface area contributed by atoms with E-state index in [0.717, 1.165) is 5.56 Å². The predicted octanol–water partition coefficient (Wildman–Crippen LogP) is 3.89. The smallest absolute Gasteiger partial charge is 0.379 e. The Kier molecular flexibility index (Phi) is 7.80. The van der Waals surface area contributed by atoms with Gasteiger partial charge in [0.25, 0.3) is 0 Å². The van der Waals surface area contributed by atoms with Crippen LogP contribution in [0.15, 0.2) is 54.6 Å². The van der Waals surface area contributed by atoms with Gasteiger partial charge in [-0.1, -0.05) is 42.5 Å². The van der Waals surface area contributed by atoms with Gasteiger partial charge >= 0.3 is 11.9 Å². The Hall–Kier alpha value is -2.18. The number of rotatable bonds is 7. The predicted molar refractivity (Wildman–Crippen MR) is 93.0 cm³/mol. The zero-order chi connectivity index (χ0) is 17.6. The topological polar surface area (TPSA) is 61.5 Å². The number of carbonyl (C=O) groups excluding carboxylic acids is 1. The fourth-order valence-electron chi connectivity index (χ4n) is 2.10. The lowest BCUT2D eigenvalue weighted by Crippen LogP contribution is -2.41. The molecule has 2 N–H and O–H groups in total. The van der Waals surface area contributed by atoms with E-state index in [1.54, 1.807) is 12.1 Å². The van der Waals surface area contributed by atoms with Crippen molar-refractivity contribution in [3.8, 4) is 5.75 Å². The van der Waals surface area contributed by atoms with Crippen molar-refractivity contribution in [2.75, 3.05) is 6.61 Å². The molecule has 0 saturated carbocycles. The van der Waals surface area contributed by atoms with Gasteiger partial charge in [0.2, 0.25) is 0 Å². The third kappa shape index (κ3) is 5.41. The summed E-state index contributed by atoms with van der Waals surface area (Å²) in [6.07, 6.45) is 0. The van der Waals surface area contributed by atoms with Crippen molar-refractivity contribution in [2.24, 2.45) is 5.73 Å². The minimum Gasteiger partial charge on any atom is -0.489 e. The van der Waals surface area contributed by atoms with Crippen LogP contribution in [-0.2, 0) is 16.1 Å². The van der Waals surface area contributed by atoms with Crippen molar-refractivity contribution in [3.05, 3.63) is 65.7 Å². The highest BCUT2D eigenvalue weighted by Gasteiger charge is 2.47. The molecule has 1 atom stereocenters. The largest absolute Gasteiger partial charge is 0.489 e. The molecule has 2 aromatic carbocycles. The third-order valence-electron chi connectivity index (χ3n) is 3.40. The molecule has 136 valence electrons. The maximum atomic E-state index is 14.0. The molecule has 0 heterocycles. The molecule has 0 aromatic heterocycles. The van der Waals surface area contributed by atoms with E-state index in [4.69, 9.17) is 10.5 Å². The molecule has 0 amide bonds. The summed E-state index contributed by atoms with van der Waals surface area (Å²) in [5.41, 5.74) is 6.62. The Morgan fingerprint density at radius 2 is 1.84 bits per heavy atom. The second-order valence-corrected chi connectivity index (χ2v) is 5.17. The van der Waals surface area contributed by atoms with E-state index in [0.29, 0.717) is 12.4 Å². The molecular weight excluding hydrogens is 352 g/mol. The Balaban J connectivity index is 0.00000312. The second-order valence-electron chi connectivity index (χ2n) is 5.17. The summed E-state index contributed by atoms with van der Waals surface area (Å²) in [5, 5.41) is 0. The lowest BCUT2D eigenvalue weighted by molar-refractivity contribution is -0.174. The van der Waals surface area contributed by atoms with Crippen LogP contribution >= 0.6 is 12.4 Å². The number of carbonyl (C=O) groups is 1. The molecule has 0 aliphatic rings. The Bertz CT molecular complexity index is 683. The van der Waals surface area contributed by atoms with Crippen molar-refractivity contribution >= 4 is 18.4 Å². The number of ether oxygens (including phenoxy) is 2. The normalized spacial score (nSPS) is 12.0. The highest BCUT2D eigenvalue weighted by Crippen LogP contribution is 2.32. The molecule has 0 saturated heterocycles.